The van der Waals surface area contributed by atoms with E-state index in [9.17, 15) is 19.8 Å². The number of hydrogen-bond acceptors (Lipinski definition) is 5. The monoisotopic (exact) mass is 366 g/mol. The third-order valence-corrected chi connectivity index (χ3v) is 8.15. The Balaban J connectivity index is 1.56. The Morgan fingerprint density at radius 2 is 2.04 bits per heavy atom. The molecule has 6 nitrogen and oxygen atoms in total. The summed E-state index contributed by atoms with van der Waals surface area (Å²) in [7, 11) is 0. The number of rotatable bonds is 5. The number of thioether (sulfide) groups is 1. The number of aliphatic hydroxyl groups excluding tert-OH is 1. The van der Waals surface area contributed by atoms with Gasteiger partial charge in [0.2, 0.25) is 5.91 Å². The molecule has 0 aromatic rings. The van der Waals surface area contributed by atoms with E-state index >= 15 is 0 Å². The van der Waals surface area contributed by atoms with Crippen molar-refractivity contribution in [2.24, 2.45) is 11.8 Å². The predicted octanol–water partition coefficient (Wildman–Crippen LogP) is 1.50. The molecule has 0 aromatic heterocycles. The molecule has 0 aliphatic carbocycles. The van der Waals surface area contributed by atoms with Crippen molar-refractivity contribution in [3.05, 3.63) is 10.6 Å². The molecule has 7 heteroatoms. The molecule has 4 unspecified atom stereocenters. The van der Waals surface area contributed by atoms with Gasteiger partial charge in [-0.3, -0.25) is 9.69 Å². The smallest absolute Gasteiger partial charge is 0.334 e. The SMILES string of the molecule is CC(O)CC1C(=O)N2C(SC3C4CCN(CC4)C3C)=C(C(=O)O)C[C@H]12. The summed E-state index contributed by atoms with van der Waals surface area (Å²) >= 11 is 1.62. The molecule has 2 bridgehead atoms. The molecule has 5 aliphatic rings. The third kappa shape index (κ3) is 2.71. The van der Waals surface area contributed by atoms with Gasteiger partial charge in [-0.05, 0) is 52.1 Å². The maximum absolute atomic E-state index is 12.6. The quantitative estimate of drug-likeness (QED) is 0.718. The highest BCUT2D eigenvalue weighted by Gasteiger charge is 2.55. The minimum absolute atomic E-state index is 0.0152. The van der Waals surface area contributed by atoms with Gasteiger partial charge >= 0.3 is 5.97 Å². The maximum atomic E-state index is 12.6. The summed E-state index contributed by atoms with van der Waals surface area (Å²) in [5.41, 5.74) is 0.389. The molecule has 25 heavy (non-hydrogen) atoms. The number of fused-ring (bicyclic) bond motifs is 4. The molecular weight excluding hydrogens is 340 g/mol. The molecule has 5 atom stereocenters. The van der Waals surface area contributed by atoms with Crippen LogP contribution in [0.25, 0.3) is 0 Å². The second-order valence-electron chi connectivity index (χ2n) is 7.96. The highest BCUT2D eigenvalue weighted by Crippen LogP contribution is 2.51. The Hall–Kier alpha value is -1.05. The third-order valence-electron chi connectivity index (χ3n) is 6.43. The molecule has 5 rings (SSSR count). The van der Waals surface area contributed by atoms with Crippen molar-refractivity contribution >= 4 is 23.6 Å². The van der Waals surface area contributed by atoms with E-state index in [1.54, 1.807) is 23.6 Å². The number of hydrogen-bond donors (Lipinski definition) is 2. The minimum atomic E-state index is -0.908. The zero-order valence-electron chi connectivity index (χ0n) is 14.7. The number of aliphatic carboxylic acids is 1. The number of carboxylic acid groups (broad SMARTS) is 1. The Bertz CT molecular complexity index is 625. The van der Waals surface area contributed by atoms with Crippen LogP contribution in [0.4, 0.5) is 0 Å². The standard InChI is InChI=1S/C18H26N2O4S/c1-9(21)7-12-14-8-13(18(23)24)17(20(14)16(12)22)25-15-10(2)19-5-3-11(15)4-6-19/h9-12,14-15,21H,3-8H2,1-2H3,(H,23,24)/t9?,10?,12?,14-,15?/m1/s1. The number of carbonyl (C=O) groups is 2. The van der Waals surface area contributed by atoms with Crippen LogP contribution in [0.3, 0.4) is 0 Å². The van der Waals surface area contributed by atoms with Crippen LogP contribution < -0.4 is 0 Å². The van der Waals surface area contributed by atoms with E-state index in [0.717, 1.165) is 13.1 Å². The topological polar surface area (TPSA) is 81.1 Å². The first kappa shape index (κ1) is 17.4. The van der Waals surface area contributed by atoms with Gasteiger partial charge in [0.15, 0.2) is 0 Å². The second kappa shape index (κ2) is 6.28. The fourth-order valence-electron chi connectivity index (χ4n) is 5.04. The van der Waals surface area contributed by atoms with E-state index in [4.69, 9.17) is 0 Å². The molecule has 4 saturated heterocycles. The Morgan fingerprint density at radius 1 is 1.36 bits per heavy atom. The van der Waals surface area contributed by atoms with Crippen LogP contribution in [0.1, 0.15) is 39.5 Å². The Labute approximate surface area is 152 Å². The fourth-order valence-corrected chi connectivity index (χ4v) is 6.79. The normalized spacial score (nSPS) is 40.9. The van der Waals surface area contributed by atoms with Crippen LogP contribution in [0.2, 0.25) is 0 Å². The van der Waals surface area contributed by atoms with Gasteiger partial charge in [0.25, 0.3) is 0 Å². The van der Waals surface area contributed by atoms with E-state index in [-0.39, 0.29) is 17.9 Å². The molecule has 1 amide bonds. The summed E-state index contributed by atoms with van der Waals surface area (Å²) in [6, 6.07) is 0.343. The van der Waals surface area contributed by atoms with E-state index in [1.807, 2.05) is 0 Å². The zero-order valence-corrected chi connectivity index (χ0v) is 15.5. The van der Waals surface area contributed by atoms with Crippen LogP contribution in [0, 0.1) is 11.8 Å². The summed E-state index contributed by atoms with van der Waals surface area (Å²) in [5, 5.41) is 20.3. The van der Waals surface area contributed by atoms with Gasteiger partial charge in [0.05, 0.1) is 28.7 Å². The average Bonchev–Trinajstić information content (AvgIpc) is 2.91. The van der Waals surface area contributed by atoms with E-state index in [1.165, 1.54) is 12.8 Å². The predicted molar refractivity (Wildman–Crippen MR) is 94.8 cm³/mol. The highest BCUT2D eigenvalue weighted by atomic mass is 32.2. The van der Waals surface area contributed by atoms with Crippen molar-refractivity contribution in [3.63, 3.8) is 0 Å². The van der Waals surface area contributed by atoms with Crippen molar-refractivity contribution in [3.8, 4) is 0 Å². The molecule has 2 N–H and O–H groups in total. The van der Waals surface area contributed by atoms with Crippen molar-refractivity contribution < 1.29 is 19.8 Å². The largest absolute Gasteiger partial charge is 0.478 e. The summed E-state index contributed by atoms with van der Waals surface area (Å²) in [6.07, 6.45) is 2.62. The van der Waals surface area contributed by atoms with E-state index in [2.05, 4.69) is 11.8 Å². The molecule has 0 radical (unpaired) electrons. The molecule has 4 fully saturated rings. The number of carboxylic acids is 1. The average molecular weight is 366 g/mol. The molecule has 0 saturated carbocycles. The lowest BCUT2D eigenvalue weighted by atomic mass is 9.83. The van der Waals surface area contributed by atoms with E-state index < -0.39 is 12.1 Å². The number of amides is 1. The van der Waals surface area contributed by atoms with Crippen LogP contribution >= 0.6 is 11.8 Å². The van der Waals surface area contributed by atoms with Gasteiger partial charge in [-0.25, -0.2) is 4.79 Å². The van der Waals surface area contributed by atoms with Crippen LogP contribution in [-0.4, -0.2) is 68.4 Å². The molecule has 0 spiro atoms. The van der Waals surface area contributed by atoms with Gasteiger partial charge in [0, 0.05) is 17.7 Å². The first-order valence-corrected chi connectivity index (χ1v) is 10.1. The zero-order chi connectivity index (χ0) is 17.9. The molecular formula is C18H26N2O4S. The summed E-state index contributed by atoms with van der Waals surface area (Å²) in [4.78, 5) is 28.6. The van der Waals surface area contributed by atoms with Crippen LogP contribution in [0.15, 0.2) is 10.6 Å². The molecule has 5 aliphatic heterocycles. The number of carbonyl (C=O) groups excluding carboxylic acids is 1. The first-order chi connectivity index (χ1) is 11.9. The number of nitrogens with zero attached hydrogens (tertiary/aromatic N) is 2. The van der Waals surface area contributed by atoms with Gasteiger partial charge < -0.3 is 15.1 Å². The first-order valence-electron chi connectivity index (χ1n) is 9.26. The molecule has 5 heterocycles. The van der Waals surface area contributed by atoms with Gasteiger partial charge in [-0.15, -0.1) is 11.8 Å². The number of aliphatic hydroxyl groups is 1. The van der Waals surface area contributed by atoms with Crippen molar-refractivity contribution in [2.75, 3.05) is 13.1 Å². The van der Waals surface area contributed by atoms with Crippen LogP contribution in [-0.2, 0) is 9.59 Å². The Morgan fingerprint density at radius 3 is 2.60 bits per heavy atom. The summed E-state index contributed by atoms with van der Waals surface area (Å²) in [5.74, 6) is -0.555. The molecule has 138 valence electrons. The number of piperidine rings is 3. The van der Waals surface area contributed by atoms with Gasteiger partial charge in [-0.2, -0.15) is 0 Å². The van der Waals surface area contributed by atoms with Crippen molar-refractivity contribution in [1.82, 2.24) is 9.80 Å². The maximum Gasteiger partial charge on any atom is 0.334 e. The number of β-lactam (4-membered cyclic amide) rings is 1. The lowest BCUT2D eigenvalue weighted by Gasteiger charge is -2.51. The fraction of sp³-hybridized carbons (Fsp3) is 0.778. The Kier molecular flexibility index (Phi) is 4.37. The lowest BCUT2D eigenvalue weighted by molar-refractivity contribution is -0.151. The second-order valence-corrected chi connectivity index (χ2v) is 9.12. The van der Waals surface area contributed by atoms with Crippen molar-refractivity contribution in [2.45, 2.75) is 63.0 Å². The highest BCUT2D eigenvalue weighted by molar-refractivity contribution is 8.03. The van der Waals surface area contributed by atoms with Crippen molar-refractivity contribution in [1.29, 1.82) is 0 Å². The summed E-state index contributed by atoms with van der Waals surface area (Å²) in [6.45, 7) is 6.18. The minimum Gasteiger partial charge on any atom is -0.478 e. The van der Waals surface area contributed by atoms with Gasteiger partial charge in [-0.1, -0.05) is 0 Å². The van der Waals surface area contributed by atoms with Gasteiger partial charge in [0.1, 0.15) is 0 Å². The molecule has 0 aromatic carbocycles. The van der Waals surface area contributed by atoms with E-state index in [0.29, 0.717) is 40.7 Å². The lowest BCUT2D eigenvalue weighted by Crippen LogP contribution is -2.59. The van der Waals surface area contributed by atoms with Crippen LogP contribution in [0.5, 0.6) is 0 Å². The summed E-state index contributed by atoms with van der Waals surface area (Å²) < 4.78 is 0.